The van der Waals surface area contributed by atoms with E-state index in [1.54, 1.807) is 11.8 Å². The molecule has 0 bridgehead atoms. The summed E-state index contributed by atoms with van der Waals surface area (Å²) in [5.41, 5.74) is 1.72. The molecule has 1 heterocycles. The predicted molar refractivity (Wildman–Crippen MR) is 78.8 cm³/mol. The molecule has 0 spiro atoms. The highest BCUT2D eigenvalue weighted by Gasteiger charge is 2.35. The molecule has 2 rings (SSSR count). The maximum absolute atomic E-state index is 11.7. The van der Waals surface area contributed by atoms with E-state index in [1.165, 1.54) is 10.5 Å². The number of ether oxygens (including phenoxy) is 1. The maximum Gasteiger partial charge on any atom is 0.144 e. The molecule has 0 N–H and O–H groups in total. The zero-order chi connectivity index (χ0) is 13.9. The average molecular weight is 279 g/mol. The number of morpholine rings is 1. The van der Waals surface area contributed by atoms with Gasteiger partial charge in [-0.25, -0.2) is 0 Å². The molecule has 4 heteroatoms. The Hall–Kier alpha value is -0.840. The van der Waals surface area contributed by atoms with Crippen LogP contribution in [-0.4, -0.2) is 43.7 Å². The lowest BCUT2D eigenvalue weighted by Gasteiger charge is -2.40. The van der Waals surface area contributed by atoms with Crippen LogP contribution in [0.2, 0.25) is 0 Å². The predicted octanol–water partition coefficient (Wildman–Crippen LogP) is 2.46. The Bertz CT molecular complexity index is 457. The van der Waals surface area contributed by atoms with Crippen LogP contribution in [0.15, 0.2) is 23.1 Å². The van der Waals surface area contributed by atoms with Crippen molar-refractivity contribution in [2.24, 2.45) is 0 Å². The van der Waals surface area contributed by atoms with Crippen LogP contribution in [-0.2, 0) is 15.1 Å². The normalized spacial score (nSPS) is 19.9. The molecule has 1 saturated heterocycles. The summed E-state index contributed by atoms with van der Waals surface area (Å²) < 4.78 is 5.38. The Kier molecular flexibility index (Phi) is 4.66. The third-order valence-corrected chi connectivity index (χ3v) is 4.60. The number of rotatable bonds is 4. The first-order valence-electron chi connectivity index (χ1n) is 6.56. The maximum atomic E-state index is 11.7. The minimum Gasteiger partial charge on any atom is -0.379 e. The molecule has 19 heavy (non-hydrogen) atoms. The molecule has 1 unspecified atom stereocenters. The minimum absolute atomic E-state index is 0.551. The number of hydrogen-bond acceptors (Lipinski definition) is 4. The third-order valence-electron chi connectivity index (χ3n) is 3.88. The number of carbonyl (C=O) groups is 1. The topological polar surface area (TPSA) is 29.5 Å². The van der Waals surface area contributed by atoms with Crippen LogP contribution in [0.5, 0.6) is 0 Å². The summed E-state index contributed by atoms with van der Waals surface area (Å²) in [5, 5.41) is 0. The van der Waals surface area contributed by atoms with Gasteiger partial charge < -0.3 is 9.53 Å². The van der Waals surface area contributed by atoms with Gasteiger partial charge >= 0.3 is 0 Å². The van der Waals surface area contributed by atoms with Gasteiger partial charge in [0, 0.05) is 18.0 Å². The summed E-state index contributed by atoms with van der Waals surface area (Å²) >= 11 is 1.72. The fourth-order valence-electron chi connectivity index (χ4n) is 2.67. The summed E-state index contributed by atoms with van der Waals surface area (Å²) in [5.74, 6) is 0. The van der Waals surface area contributed by atoms with Crippen LogP contribution in [0, 0.1) is 6.92 Å². The minimum atomic E-state index is -0.551. The van der Waals surface area contributed by atoms with Crippen LogP contribution in [0.3, 0.4) is 0 Å². The SMILES string of the molecule is CSc1ccc(C(C)(C=O)N2CCOCC2)c(C)c1. The fourth-order valence-corrected chi connectivity index (χ4v) is 3.17. The van der Waals surface area contributed by atoms with E-state index >= 15 is 0 Å². The number of nitrogens with zero attached hydrogens (tertiary/aromatic N) is 1. The molecule has 3 nitrogen and oxygen atoms in total. The van der Waals surface area contributed by atoms with Gasteiger partial charge in [0.15, 0.2) is 0 Å². The van der Waals surface area contributed by atoms with Crippen molar-refractivity contribution in [1.82, 2.24) is 4.90 Å². The second-order valence-electron chi connectivity index (χ2n) is 5.05. The van der Waals surface area contributed by atoms with E-state index in [1.807, 2.05) is 6.92 Å². The molecule has 1 aliphatic rings. The Labute approximate surface area is 119 Å². The zero-order valence-corrected chi connectivity index (χ0v) is 12.6. The van der Waals surface area contributed by atoms with Crippen molar-refractivity contribution in [3.63, 3.8) is 0 Å². The van der Waals surface area contributed by atoms with Crippen LogP contribution >= 0.6 is 11.8 Å². The van der Waals surface area contributed by atoms with Gasteiger partial charge in [-0.2, -0.15) is 0 Å². The molecular weight excluding hydrogens is 258 g/mol. The van der Waals surface area contributed by atoms with Gasteiger partial charge in [-0.1, -0.05) is 6.07 Å². The standard InChI is InChI=1S/C15H21NO2S/c1-12-10-13(19-3)4-5-14(12)15(2,11-17)16-6-8-18-9-7-16/h4-5,10-11H,6-9H2,1-3H3. The van der Waals surface area contributed by atoms with Gasteiger partial charge in [-0.3, -0.25) is 4.90 Å². The lowest BCUT2D eigenvalue weighted by atomic mass is 9.88. The van der Waals surface area contributed by atoms with Crippen molar-refractivity contribution in [2.75, 3.05) is 32.6 Å². The van der Waals surface area contributed by atoms with Gasteiger partial charge in [0.05, 0.1) is 18.8 Å². The largest absolute Gasteiger partial charge is 0.379 e. The smallest absolute Gasteiger partial charge is 0.144 e. The van der Waals surface area contributed by atoms with Crippen molar-refractivity contribution >= 4 is 18.0 Å². The number of hydrogen-bond donors (Lipinski definition) is 0. The number of carbonyl (C=O) groups excluding carboxylic acids is 1. The summed E-state index contributed by atoms with van der Waals surface area (Å²) in [6.45, 7) is 7.10. The van der Waals surface area contributed by atoms with Gasteiger partial charge in [0.2, 0.25) is 0 Å². The Morgan fingerprint density at radius 1 is 1.37 bits per heavy atom. The summed E-state index contributed by atoms with van der Waals surface area (Å²) in [6.07, 6.45) is 3.13. The molecule has 0 saturated carbocycles. The second-order valence-corrected chi connectivity index (χ2v) is 5.93. The van der Waals surface area contributed by atoms with Crippen LogP contribution in [0.4, 0.5) is 0 Å². The Balaban J connectivity index is 2.36. The first-order chi connectivity index (χ1) is 9.11. The third kappa shape index (κ3) is 2.86. The number of aldehydes is 1. The zero-order valence-electron chi connectivity index (χ0n) is 11.8. The van der Waals surface area contributed by atoms with Gasteiger partial charge in [0.1, 0.15) is 6.29 Å². The summed E-state index contributed by atoms with van der Waals surface area (Å²) in [6, 6.07) is 6.34. The molecule has 0 radical (unpaired) electrons. The molecule has 1 fully saturated rings. The molecule has 0 aliphatic carbocycles. The lowest BCUT2D eigenvalue weighted by molar-refractivity contribution is -0.121. The van der Waals surface area contributed by atoms with Crippen molar-refractivity contribution in [3.05, 3.63) is 29.3 Å². The van der Waals surface area contributed by atoms with Gasteiger partial charge in [-0.05, 0) is 43.4 Å². The molecule has 1 aromatic rings. The van der Waals surface area contributed by atoms with Gasteiger partial charge in [0.25, 0.3) is 0 Å². The van der Waals surface area contributed by atoms with Crippen molar-refractivity contribution < 1.29 is 9.53 Å². The fraction of sp³-hybridized carbons (Fsp3) is 0.533. The number of aryl methyl sites for hydroxylation is 1. The van der Waals surface area contributed by atoms with E-state index in [-0.39, 0.29) is 0 Å². The van der Waals surface area contributed by atoms with Crippen molar-refractivity contribution in [1.29, 1.82) is 0 Å². The monoisotopic (exact) mass is 279 g/mol. The molecule has 0 amide bonds. The van der Waals surface area contributed by atoms with E-state index in [4.69, 9.17) is 4.74 Å². The first kappa shape index (κ1) is 14.6. The Morgan fingerprint density at radius 3 is 2.58 bits per heavy atom. The second kappa shape index (κ2) is 6.07. The highest BCUT2D eigenvalue weighted by Crippen LogP contribution is 2.31. The van der Waals surface area contributed by atoms with E-state index in [0.29, 0.717) is 13.2 Å². The molecule has 0 aromatic heterocycles. The number of benzene rings is 1. The Morgan fingerprint density at radius 2 is 2.05 bits per heavy atom. The quantitative estimate of drug-likeness (QED) is 0.625. The van der Waals surface area contributed by atoms with Crippen LogP contribution in [0.1, 0.15) is 18.1 Å². The van der Waals surface area contributed by atoms with E-state index in [9.17, 15) is 4.79 Å². The lowest BCUT2D eigenvalue weighted by Crippen LogP contribution is -2.51. The van der Waals surface area contributed by atoms with Gasteiger partial charge in [-0.15, -0.1) is 11.8 Å². The average Bonchev–Trinajstić information content (AvgIpc) is 2.47. The molecule has 1 aromatic carbocycles. The summed E-state index contributed by atoms with van der Waals surface area (Å²) in [7, 11) is 0. The number of thioether (sulfide) groups is 1. The highest BCUT2D eigenvalue weighted by molar-refractivity contribution is 7.98. The van der Waals surface area contributed by atoms with E-state index in [2.05, 4.69) is 36.3 Å². The van der Waals surface area contributed by atoms with Crippen LogP contribution < -0.4 is 0 Å². The molecule has 1 aliphatic heterocycles. The van der Waals surface area contributed by atoms with Crippen LogP contribution in [0.25, 0.3) is 0 Å². The first-order valence-corrected chi connectivity index (χ1v) is 7.78. The molecular formula is C15H21NO2S. The highest BCUT2D eigenvalue weighted by atomic mass is 32.2. The molecule has 104 valence electrons. The summed E-state index contributed by atoms with van der Waals surface area (Å²) in [4.78, 5) is 15.2. The van der Waals surface area contributed by atoms with Crippen molar-refractivity contribution in [2.45, 2.75) is 24.3 Å². The molecule has 1 atom stereocenters. The van der Waals surface area contributed by atoms with E-state index < -0.39 is 5.54 Å². The van der Waals surface area contributed by atoms with Crippen molar-refractivity contribution in [3.8, 4) is 0 Å². The van der Waals surface area contributed by atoms with E-state index in [0.717, 1.165) is 24.9 Å².